The van der Waals surface area contributed by atoms with E-state index in [2.05, 4.69) is 15.5 Å². The van der Waals surface area contributed by atoms with Crippen LogP contribution in [0.3, 0.4) is 0 Å². The van der Waals surface area contributed by atoms with Crippen molar-refractivity contribution in [2.45, 2.75) is 26.4 Å². The Morgan fingerprint density at radius 2 is 1.52 bits per heavy atom. The zero-order chi connectivity index (χ0) is 20.4. The number of aryl methyl sites for hydroxylation is 1. The molecule has 0 bridgehead atoms. The smallest absolute Gasteiger partial charge is 0.267 e. The van der Waals surface area contributed by atoms with Gasteiger partial charge in [-0.15, -0.1) is 10.2 Å². The first-order valence-corrected chi connectivity index (χ1v) is 9.41. The number of aromatic nitrogens is 3. The van der Waals surface area contributed by atoms with Crippen molar-refractivity contribution in [3.8, 4) is 11.4 Å². The minimum Gasteiger partial charge on any atom is -0.478 e. The molecule has 0 aliphatic rings. The molecule has 3 aromatic carbocycles. The summed E-state index contributed by atoms with van der Waals surface area (Å²) in [5.41, 5.74) is 2.91. The molecule has 0 saturated heterocycles. The van der Waals surface area contributed by atoms with Crippen LogP contribution in [0.2, 0.25) is 0 Å². The minimum absolute atomic E-state index is 0.237. The molecule has 0 aliphatic heterocycles. The maximum Gasteiger partial charge on any atom is 0.267 e. The fraction of sp³-hybridized carbons (Fsp3) is 0.174. The van der Waals surface area contributed by atoms with Gasteiger partial charge in [0.05, 0.1) is 5.69 Å². The normalized spacial score (nSPS) is 11.4. The summed E-state index contributed by atoms with van der Waals surface area (Å²) >= 11 is 0. The second kappa shape index (κ2) is 7.39. The highest BCUT2D eigenvalue weighted by molar-refractivity contribution is 5.99. The van der Waals surface area contributed by atoms with Crippen molar-refractivity contribution in [1.82, 2.24) is 15.0 Å². The number of nitrogens with one attached hydrogen (secondary N) is 1. The molecule has 6 heteroatoms. The van der Waals surface area contributed by atoms with Crippen LogP contribution < -0.4 is 10.1 Å². The van der Waals surface area contributed by atoms with Crippen LogP contribution in [-0.4, -0.2) is 26.5 Å². The zero-order valence-corrected chi connectivity index (χ0v) is 16.6. The summed E-state index contributed by atoms with van der Waals surface area (Å²) in [4.78, 5) is 14.5. The van der Waals surface area contributed by atoms with Crippen molar-refractivity contribution < 1.29 is 9.53 Å². The van der Waals surface area contributed by atoms with Crippen molar-refractivity contribution in [3.05, 3.63) is 78.4 Å². The summed E-state index contributed by atoms with van der Waals surface area (Å²) in [6.45, 7) is 5.42. The van der Waals surface area contributed by atoms with Gasteiger partial charge in [0.2, 0.25) is 0 Å². The molecule has 1 N–H and O–H groups in total. The predicted octanol–water partition coefficient (Wildman–Crippen LogP) is 4.53. The van der Waals surface area contributed by atoms with Gasteiger partial charge in [-0.25, -0.2) is 0 Å². The van der Waals surface area contributed by atoms with Gasteiger partial charge in [-0.1, -0.05) is 36.4 Å². The first-order chi connectivity index (χ1) is 13.9. The van der Waals surface area contributed by atoms with E-state index in [1.54, 1.807) is 18.6 Å². The summed E-state index contributed by atoms with van der Waals surface area (Å²) in [5.74, 6) is 0.407. The fourth-order valence-electron chi connectivity index (χ4n) is 2.98. The molecular weight excluding hydrogens is 364 g/mol. The number of hydrogen-bond donors (Lipinski definition) is 1. The number of para-hydroxylation sites is 2. The molecule has 0 saturated carbocycles. The average molecular weight is 386 g/mol. The number of benzene rings is 3. The van der Waals surface area contributed by atoms with Crippen LogP contribution >= 0.6 is 0 Å². The lowest BCUT2D eigenvalue weighted by molar-refractivity contribution is -0.128. The molecule has 1 heterocycles. The molecule has 0 fully saturated rings. The van der Waals surface area contributed by atoms with E-state index in [1.807, 2.05) is 79.7 Å². The summed E-state index contributed by atoms with van der Waals surface area (Å²) in [7, 11) is 0. The van der Waals surface area contributed by atoms with E-state index in [0.717, 1.165) is 16.8 Å². The largest absolute Gasteiger partial charge is 0.478 e. The van der Waals surface area contributed by atoms with Crippen LogP contribution in [-0.2, 0) is 4.79 Å². The lowest BCUT2D eigenvalue weighted by atomic mass is 10.1. The molecule has 6 nitrogen and oxygen atoms in total. The number of nitrogens with zero attached hydrogens (tertiary/aromatic N) is 3. The van der Waals surface area contributed by atoms with Crippen LogP contribution in [0.15, 0.2) is 72.8 Å². The van der Waals surface area contributed by atoms with Gasteiger partial charge in [-0.05, 0) is 62.7 Å². The Labute approximate surface area is 169 Å². The standard InChI is InChI=1S/C23H22N4O2/c1-16-14-20-21(26-27(25-20)17-10-6-4-7-11-17)15-19(16)24-22(28)23(2,3)29-18-12-8-5-9-13-18/h4-15H,1-3H3,(H,24,28). The third-order valence-corrected chi connectivity index (χ3v) is 4.62. The van der Waals surface area contributed by atoms with Gasteiger partial charge >= 0.3 is 0 Å². The Hall–Kier alpha value is -3.67. The van der Waals surface area contributed by atoms with Gasteiger partial charge in [0.1, 0.15) is 16.8 Å². The highest BCUT2D eigenvalue weighted by Gasteiger charge is 2.30. The molecule has 0 unspecified atom stereocenters. The minimum atomic E-state index is -1.04. The molecule has 1 amide bonds. The number of anilines is 1. The first-order valence-electron chi connectivity index (χ1n) is 9.41. The second-order valence-corrected chi connectivity index (χ2v) is 7.36. The third kappa shape index (κ3) is 3.96. The highest BCUT2D eigenvalue weighted by atomic mass is 16.5. The van der Waals surface area contributed by atoms with E-state index in [0.29, 0.717) is 17.0 Å². The predicted molar refractivity (Wildman–Crippen MR) is 113 cm³/mol. The summed E-state index contributed by atoms with van der Waals surface area (Å²) < 4.78 is 5.88. The number of carbonyl (C=O) groups is 1. The van der Waals surface area contributed by atoms with Crippen molar-refractivity contribution in [2.75, 3.05) is 5.32 Å². The van der Waals surface area contributed by atoms with Crippen LogP contribution in [0.4, 0.5) is 5.69 Å². The summed E-state index contributed by atoms with van der Waals surface area (Å²) in [5, 5.41) is 12.1. The molecule has 146 valence electrons. The summed E-state index contributed by atoms with van der Waals surface area (Å²) in [6.07, 6.45) is 0. The molecule has 0 atom stereocenters. The summed E-state index contributed by atoms with van der Waals surface area (Å²) in [6, 6.07) is 22.8. The van der Waals surface area contributed by atoms with Crippen molar-refractivity contribution in [1.29, 1.82) is 0 Å². The highest BCUT2D eigenvalue weighted by Crippen LogP contribution is 2.25. The monoisotopic (exact) mass is 386 g/mol. The lowest BCUT2D eigenvalue weighted by Crippen LogP contribution is -2.42. The Bertz CT molecular complexity index is 1150. The van der Waals surface area contributed by atoms with E-state index < -0.39 is 5.60 Å². The molecule has 4 rings (SSSR count). The topological polar surface area (TPSA) is 69.0 Å². The lowest BCUT2D eigenvalue weighted by Gasteiger charge is -2.25. The van der Waals surface area contributed by atoms with E-state index in [9.17, 15) is 4.79 Å². The second-order valence-electron chi connectivity index (χ2n) is 7.36. The number of fused-ring (bicyclic) bond motifs is 1. The van der Waals surface area contributed by atoms with E-state index in [4.69, 9.17) is 4.74 Å². The van der Waals surface area contributed by atoms with Gasteiger partial charge in [0, 0.05) is 5.69 Å². The molecule has 29 heavy (non-hydrogen) atoms. The van der Waals surface area contributed by atoms with E-state index in [1.165, 1.54) is 0 Å². The van der Waals surface area contributed by atoms with Crippen molar-refractivity contribution in [3.63, 3.8) is 0 Å². The van der Waals surface area contributed by atoms with E-state index >= 15 is 0 Å². The molecule has 0 radical (unpaired) electrons. The number of amides is 1. The maximum atomic E-state index is 12.9. The van der Waals surface area contributed by atoms with Crippen molar-refractivity contribution >= 4 is 22.6 Å². The first kappa shape index (κ1) is 18.7. The number of hydrogen-bond acceptors (Lipinski definition) is 4. The van der Waals surface area contributed by atoms with Crippen LogP contribution in [0.1, 0.15) is 19.4 Å². The Morgan fingerprint density at radius 1 is 0.931 bits per heavy atom. The van der Waals surface area contributed by atoms with Gasteiger partial charge < -0.3 is 10.1 Å². The maximum absolute atomic E-state index is 12.9. The Balaban J connectivity index is 1.58. The third-order valence-electron chi connectivity index (χ3n) is 4.62. The number of carbonyl (C=O) groups excluding carboxylic acids is 1. The van der Waals surface area contributed by atoms with Crippen LogP contribution in [0.5, 0.6) is 5.75 Å². The number of ether oxygens (including phenoxy) is 1. The van der Waals surface area contributed by atoms with Gasteiger partial charge in [-0.3, -0.25) is 4.79 Å². The van der Waals surface area contributed by atoms with Gasteiger partial charge in [0.25, 0.3) is 5.91 Å². The fourth-order valence-corrected chi connectivity index (χ4v) is 2.98. The molecule has 0 aliphatic carbocycles. The van der Waals surface area contributed by atoms with Crippen LogP contribution in [0.25, 0.3) is 16.7 Å². The Kier molecular flexibility index (Phi) is 4.76. The van der Waals surface area contributed by atoms with Crippen molar-refractivity contribution in [2.24, 2.45) is 0 Å². The number of rotatable bonds is 5. The molecular formula is C23H22N4O2. The van der Waals surface area contributed by atoms with Gasteiger partial charge in [0.15, 0.2) is 5.60 Å². The van der Waals surface area contributed by atoms with Crippen LogP contribution in [0, 0.1) is 6.92 Å². The Morgan fingerprint density at radius 3 is 2.17 bits per heavy atom. The molecule has 4 aromatic rings. The van der Waals surface area contributed by atoms with E-state index in [-0.39, 0.29) is 5.91 Å². The SMILES string of the molecule is Cc1cc2nn(-c3ccccc3)nc2cc1NC(=O)C(C)(C)Oc1ccccc1. The quantitative estimate of drug-likeness (QED) is 0.547. The van der Waals surface area contributed by atoms with Gasteiger partial charge in [-0.2, -0.15) is 4.80 Å². The molecule has 0 spiro atoms. The molecule has 1 aromatic heterocycles. The zero-order valence-electron chi connectivity index (χ0n) is 16.6. The average Bonchev–Trinajstić information content (AvgIpc) is 3.12.